The summed E-state index contributed by atoms with van der Waals surface area (Å²) in [7, 11) is 0. The molecule has 0 aliphatic heterocycles. The van der Waals surface area contributed by atoms with Gasteiger partial charge in [0.1, 0.15) is 11.5 Å². The lowest BCUT2D eigenvalue weighted by Crippen LogP contribution is -2.14. The summed E-state index contributed by atoms with van der Waals surface area (Å²) < 4.78 is 5.64. The van der Waals surface area contributed by atoms with E-state index >= 15 is 0 Å². The topological polar surface area (TPSA) is 77.6 Å². The first-order valence-corrected chi connectivity index (χ1v) is 5.92. The number of halogens is 1. The van der Waals surface area contributed by atoms with Crippen LogP contribution >= 0.6 is 15.9 Å². The fraction of sp³-hybridized carbons (Fsp3) is 0.364. The summed E-state index contributed by atoms with van der Waals surface area (Å²) in [4.78, 5) is 19.4. The number of hydrogen-bond donors (Lipinski definition) is 1. The summed E-state index contributed by atoms with van der Waals surface area (Å²) in [6.45, 7) is 4.01. The molecule has 0 bridgehead atoms. The van der Waals surface area contributed by atoms with E-state index in [9.17, 15) is 4.79 Å². The molecule has 1 aromatic rings. The number of aliphatic imine (C=N–C) groups is 1. The number of ether oxygens (including phenoxy) is 1. The third-order valence-corrected chi connectivity index (χ3v) is 2.46. The first-order valence-electron chi connectivity index (χ1n) is 5.12. The zero-order chi connectivity index (χ0) is 12.8. The number of rotatable bonds is 4. The lowest BCUT2D eigenvalue weighted by atomic mass is 10.2. The summed E-state index contributed by atoms with van der Waals surface area (Å²) in [5.74, 6) is 0.00244. The molecular weight excluding hydrogens is 286 g/mol. The Morgan fingerprint density at radius 2 is 2.35 bits per heavy atom. The van der Waals surface area contributed by atoms with Gasteiger partial charge in [-0.05, 0) is 35.8 Å². The van der Waals surface area contributed by atoms with Gasteiger partial charge in [-0.2, -0.15) is 0 Å². The average Bonchev–Trinajstić information content (AvgIpc) is 2.30. The minimum Gasteiger partial charge on any atom is -0.462 e. The van der Waals surface area contributed by atoms with Crippen molar-refractivity contribution in [2.45, 2.75) is 20.4 Å². The molecule has 0 aromatic carbocycles. The summed E-state index contributed by atoms with van der Waals surface area (Å²) >= 11 is 3.30. The average molecular weight is 300 g/mol. The van der Waals surface area contributed by atoms with E-state index in [4.69, 9.17) is 10.5 Å². The van der Waals surface area contributed by atoms with Crippen LogP contribution in [0.5, 0.6) is 0 Å². The molecule has 17 heavy (non-hydrogen) atoms. The van der Waals surface area contributed by atoms with Gasteiger partial charge in [0.25, 0.3) is 0 Å². The number of carbonyl (C=O) groups excluding carboxylic acids is 1. The van der Waals surface area contributed by atoms with Crippen LogP contribution in [-0.2, 0) is 16.1 Å². The molecule has 1 aromatic heterocycles. The van der Waals surface area contributed by atoms with Gasteiger partial charge in [0.2, 0.25) is 0 Å². The van der Waals surface area contributed by atoms with Crippen LogP contribution in [-0.4, -0.2) is 23.3 Å². The second-order valence-corrected chi connectivity index (χ2v) is 4.24. The Hall–Kier alpha value is -1.43. The number of hydrogen-bond acceptors (Lipinski definition) is 5. The highest BCUT2D eigenvalue weighted by Gasteiger charge is 2.07. The fourth-order valence-corrected chi connectivity index (χ4v) is 1.50. The van der Waals surface area contributed by atoms with Crippen LogP contribution in [0.25, 0.3) is 0 Å². The van der Waals surface area contributed by atoms with Crippen LogP contribution in [0.3, 0.4) is 0 Å². The van der Waals surface area contributed by atoms with Gasteiger partial charge < -0.3 is 10.5 Å². The highest BCUT2D eigenvalue weighted by atomic mass is 79.9. The Balaban J connectivity index is 2.75. The van der Waals surface area contributed by atoms with Gasteiger partial charge in [0.15, 0.2) is 0 Å². The van der Waals surface area contributed by atoms with Crippen LogP contribution < -0.4 is 5.73 Å². The van der Waals surface area contributed by atoms with E-state index in [1.807, 2.05) is 6.07 Å². The van der Waals surface area contributed by atoms with Crippen molar-refractivity contribution in [2.24, 2.45) is 4.99 Å². The summed E-state index contributed by atoms with van der Waals surface area (Å²) in [5.41, 5.74) is 6.78. The molecule has 0 aliphatic carbocycles. The predicted octanol–water partition coefficient (Wildman–Crippen LogP) is 1.95. The molecule has 2 N–H and O–H groups in total. The van der Waals surface area contributed by atoms with E-state index in [0.29, 0.717) is 24.7 Å². The number of carbonyl (C=O) groups is 1. The molecule has 0 spiro atoms. The van der Waals surface area contributed by atoms with Gasteiger partial charge in [0.05, 0.1) is 13.2 Å². The third kappa shape index (κ3) is 4.14. The maximum Gasteiger partial charge on any atom is 0.351 e. The molecule has 1 heterocycles. The number of pyridine rings is 1. The van der Waals surface area contributed by atoms with Crippen molar-refractivity contribution in [2.75, 3.05) is 12.3 Å². The van der Waals surface area contributed by atoms with Gasteiger partial charge in [-0.3, -0.25) is 4.99 Å². The van der Waals surface area contributed by atoms with E-state index in [-0.39, 0.29) is 0 Å². The minimum absolute atomic E-state index is 0.308. The smallest absolute Gasteiger partial charge is 0.351 e. The van der Waals surface area contributed by atoms with E-state index in [1.165, 1.54) is 0 Å². The van der Waals surface area contributed by atoms with Crippen molar-refractivity contribution in [3.63, 3.8) is 0 Å². The highest BCUT2D eigenvalue weighted by Crippen LogP contribution is 2.16. The first kappa shape index (κ1) is 13.6. The standard InChI is InChI=1S/C11H14BrN3O2/c1-3-17-11(16)7(2)14-5-8-4-9(12)6-15-10(8)13/h4,6H,3,5H2,1-2H3,(H2,13,15). The number of nitrogen functional groups attached to an aromatic ring is 1. The van der Waals surface area contributed by atoms with E-state index < -0.39 is 5.97 Å². The minimum atomic E-state index is -0.408. The molecule has 0 atom stereocenters. The second kappa shape index (κ2) is 6.34. The molecule has 0 saturated heterocycles. The number of aromatic nitrogens is 1. The Labute approximate surface area is 108 Å². The van der Waals surface area contributed by atoms with Gasteiger partial charge in [-0.25, -0.2) is 9.78 Å². The number of esters is 1. The molecule has 0 amide bonds. The van der Waals surface area contributed by atoms with E-state index in [0.717, 1.165) is 10.0 Å². The van der Waals surface area contributed by atoms with Gasteiger partial charge >= 0.3 is 5.97 Å². The molecule has 0 radical (unpaired) electrons. The molecule has 5 nitrogen and oxygen atoms in total. The van der Waals surface area contributed by atoms with Crippen molar-refractivity contribution >= 4 is 33.4 Å². The maximum absolute atomic E-state index is 11.3. The first-order chi connectivity index (χ1) is 8.04. The lowest BCUT2D eigenvalue weighted by Gasteiger charge is -2.04. The van der Waals surface area contributed by atoms with Crippen molar-refractivity contribution in [1.82, 2.24) is 4.98 Å². The van der Waals surface area contributed by atoms with E-state index in [1.54, 1.807) is 20.0 Å². The SMILES string of the molecule is CCOC(=O)C(C)=NCc1cc(Br)cnc1N. The number of nitrogens with zero attached hydrogens (tertiary/aromatic N) is 2. The highest BCUT2D eigenvalue weighted by molar-refractivity contribution is 9.10. The third-order valence-electron chi connectivity index (χ3n) is 2.03. The Kier molecular flexibility index (Phi) is 5.09. The number of anilines is 1. The van der Waals surface area contributed by atoms with Crippen LogP contribution in [0.4, 0.5) is 5.82 Å². The maximum atomic E-state index is 11.3. The summed E-state index contributed by atoms with van der Waals surface area (Å²) in [6.07, 6.45) is 1.61. The fourth-order valence-electron chi connectivity index (χ4n) is 1.12. The molecule has 0 saturated carbocycles. The second-order valence-electron chi connectivity index (χ2n) is 3.32. The van der Waals surface area contributed by atoms with Crippen LogP contribution in [0.1, 0.15) is 19.4 Å². The van der Waals surface area contributed by atoms with Crippen molar-refractivity contribution in [3.8, 4) is 0 Å². The zero-order valence-corrected chi connectivity index (χ0v) is 11.3. The van der Waals surface area contributed by atoms with Crippen molar-refractivity contribution < 1.29 is 9.53 Å². The summed E-state index contributed by atoms with van der Waals surface area (Å²) in [5, 5.41) is 0. The quantitative estimate of drug-likeness (QED) is 0.681. The van der Waals surface area contributed by atoms with Crippen LogP contribution in [0.2, 0.25) is 0 Å². The molecule has 92 valence electrons. The Morgan fingerprint density at radius 3 is 3.00 bits per heavy atom. The van der Waals surface area contributed by atoms with Crippen molar-refractivity contribution in [1.29, 1.82) is 0 Å². The van der Waals surface area contributed by atoms with Crippen molar-refractivity contribution in [3.05, 3.63) is 22.3 Å². The predicted molar refractivity (Wildman–Crippen MR) is 69.8 cm³/mol. The normalized spacial score (nSPS) is 11.4. The Morgan fingerprint density at radius 1 is 1.65 bits per heavy atom. The molecule has 1 rings (SSSR count). The van der Waals surface area contributed by atoms with E-state index in [2.05, 4.69) is 25.9 Å². The lowest BCUT2D eigenvalue weighted by molar-refractivity contribution is -0.135. The Bertz CT molecular complexity index is 446. The van der Waals surface area contributed by atoms with Gasteiger partial charge in [0, 0.05) is 16.2 Å². The van der Waals surface area contributed by atoms with Crippen LogP contribution in [0.15, 0.2) is 21.7 Å². The number of nitrogens with two attached hydrogens (primary N) is 1. The molecule has 6 heteroatoms. The van der Waals surface area contributed by atoms with Crippen LogP contribution in [0, 0.1) is 0 Å². The molecule has 0 unspecified atom stereocenters. The van der Waals surface area contributed by atoms with Gasteiger partial charge in [-0.1, -0.05) is 0 Å². The molecule has 0 aliphatic rings. The summed E-state index contributed by atoms with van der Waals surface area (Å²) in [6, 6.07) is 1.82. The monoisotopic (exact) mass is 299 g/mol. The zero-order valence-electron chi connectivity index (χ0n) is 9.74. The molecule has 0 fully saturated rings. The molecular formula is C11H14BrN3O2. The largest absolute Gasteiger partial charge is 0.462 e. The van der Waals surface area contributed by atoms with Gasteiger partial charge in [-0.15, -0.1) is 0 Å².